The van der Waals surface area contributed by atoms with Gasteiger partial charge in [-0.3, -0.25) is 0 Å². The van der Waals surface area contributed by atoms with E-state index in [2.05, 4.69) is 43.0 Å². The first-order valence-electron chi connectivity index (χ1n) is 7.25. The third kappa shape index (κ3) is 3.56. The molecular formula is C16H26N2. The molecule has 0 aromatic heterocycles. The van der Waals surface area contributed by atoms with Crippen molar-refractivity contribution in [2.45, 2.75) is 39.2 Å². The van der Waals surface area contributed by atoms with Crippen LogP contribution >= 0.6 is 0 Å². The number of benzene rings is 1. The third-order valence-corrected chi connectivity index (χ3v) is 4.15. The van der Waals surface area contributed by atoms with E-state index in [0.717, 1.165) is 18.9 Å². The molecule has 1 fully saturated rings. The quantitative estimate of drug-likeness (QED) is 0.885. The summed E-state index contributed by atoms with van der Waals surface area (Å²) in [5.41, 5.74) is 8.97. The molecule has 2 nitrogen and oxygen atoms in total. The number of likely N-dealkylation sites (tertiary alicyclic amines) is 1. The van der Waals surface area contributed by atoms with E-state index in [1.165, 1.54) is 37.1 Å². The van der Waals surface area contributed by atoms with Crippen LogP contribution in [0.4, 0.5) is 0 Å². The largest absolute Gasteiger partial charge is 0.323 e. The van der Waals surface area contributed by atoms with Crippen molar-refractivity contribution < 1.29 is 0 Å². The highest BCUT2D eigenvalue weighted by molar-refractivity contribution is 5.25. The van der Waals surface area contributed by atoms with Crippen LogP contribution < -0.4 is 5.73 Å². The van der Waals surface area contributed by atoms with Gasteiger partial charge in [0.2, 0.25) is 0 Å². The minimum absolute atomic E-state index is 0.157. The van der Waals surface area contributed by atoms with Gasteiger partial charge in [-0.1, -0.05) is 38.1 Å². The van der Waals surface area contributed by atoms with Crippen molar-refractivity contribution in [1.82, 2.24) is 4.90 Å². The molecular weight excluding hydrogens is 220 g/mol. The second kappa shape index (κ2) is 6.35. The van der Waals surface area contributed by atoms with E-state index in [1.54, 1.807) is 0 Å². The zero-order valence-electron chi connectivity index (χ0n) is 11.7. The van der Waals surface area contributed by atoms with Crippen LogP contribution in [-0.4, -0.2) is 24.5 Å². The molecule has 1 heterocycles. The second-order valence-corrected chi connectivity index (χ2v) is 5.68. The van der Waals surface area contributed by atoms with Crippen molar-refractivity contribution in [3.8, 4) is 0 Å². The normalized spacial score (nSPS) is 19.9. The molecule has 1 aromatic carbocycles. The van der Waals surface area contributed by atoms with Crippen LogP contribution in [0, 0.1) is 5.92 Å². The predicted molar refractivity (Wildman–Crippen MR) is 77.6 cm³/mol. The standard InChI is InChI=1S/C16H26N2/c1-3-14-4-6-15(7-5-14)16(17)12-18-10-8-13(2)9-11-18/h4-7,13,16H,3,8-12,17H2,1-2H3. The Balaban J connectivity index is 1.88. The Morgan fingerprint density at radius 3 is 2.39 bits per heavy atom. The van der Waals surface area contributed by atoms with Crippen molar-refractivity contribution in [3.63, 3.8) is 0 Å². The fourth-order valence-corrected chi connectivity index (χ4v) is 2.63. The molecule has 1 aliphatic heterocycles. The maximum absolute atomic E-state index is 6.31. The number of rotatable bonds is 4. The Morgan fingerprint density at radius 1 is 1.22 bits per heavy atom. The van der Waals surface area contributed by atoms with Gasteiger partial charge in [-0.05, 0) is 49.4 Å². The highest BCUT2D eigenvalue weighted by atomic mass is 15.1. The number of aryl methyl sites for hydroxylation is 1. The molecule has 0 aliphatic carbocycles. The summed E-state index contributed by atoms with van der Waals surface area (Å²) in [5.74, 6) is 0.890. The van der Waals surface area contributed by atoms with Crippen molar-refractivity contribution in [3.05, 3.63) is 35.4 Å². The summed E-state index contributed by atoms with van der Waals surface area (Å²) in [7, 11) is 0. The van der Waals surface area contributed by atoms with E-state index in [1.807, 2.05) is 0 Å². The number of hydrogen-bond donors (Lipinski definition) is 1. The SMILES string of the molecule is CCc1ccc(C(N)CN2CCC(C)CC2)cc1. The zero-order chi connectivity index (χ0) is 13.0. The van der Waals surface area contributed by atoms with Gasteiger partial charge in [-0.25, -0.2) is 0 Å². The lowest BCUT2D eigenvalue weighted by atomic mass is 9.98. The summed E-state index contributed by atoms with van der Waals surface area (Å²) in [6, 6.07) is 8.94. The summed E-state index contributed by atoms with van der Waals surface area (Å²) in [6.07, 6.45) is 3.74. The lowest BCUT2D eigenvalue weighted by Crippen LogP contribution is -2.38. The van der Waals surface area contributed by atoms with E-state index in [9.17, 15) is 0 Å². The van der Waals surface area contributed by atoms with Crippen LogP contribution in [0.2, 0.25) is 0 Å². The molecule has 2 N–H and O–H groups in total. The molecule has 1 aromatic rings. The Kier molecular flexibility index (Phi) is 4.79. The van der Waals surface area contributed by atoms with Crippen LogP contribution in [0.5, 0.6) is 0 Å². The van der Waals surface area contributed by atoms with Crippen LogP contribution in [0.25, 0.3) is 0 Å². The molecule has 0 amide bonds. The summed E-state index contributed by atoms with van der Waals surface area (Å²) in [4.78, 5) is 2.51. The van der Waals surface area contributed by atoms with E-state index in [0.29, 0.717) is 0 Å². The van der Waals surface area contributed by atoms with Gasteiger partial charge in [0.05, 0.1) is 0 Å². The first-order chi connectivity index (χ1) is 8.69. The minimum atomic E-state index is 0.157. The molecule has 0 spiro atoms. The summed E-state index contributed by atoms with van der Waals surface area (Å²) < 4.78 is 0. The minimum Gasteiger partial charge on any atom is -0.323 e. The van der Waals surface area contributed by atoms with Gasteiger partial charge in [0.25, 0.3) is 0 Å². The highest BCUT2D eigenvalue weighted by Crippen LogP contribution is 2.19. The number of nitrogens with two attached hydrogens (primary N) is 1. The molecule has 0 saturated carbocycles. The maximum atomic E-state index is 6.31. The van der Waals surface area contributed by atoms with E-state index in [4.69, 9.17) is 5.73 Å². The van der Waals surface area contributed by atoms with Crippen LogP contribution in [0.15, 0.2) is 24.3 Å². The average Bonchev–Trinajstić information content (AvgIpc) is 2.41. The maximum Gasteiger partial charge on any atom is 0.0424 e. The smallest absolute Gasteiger partial charge is 0.0424 e. The molecule has 2 rings (SSSR count). The second-order valence-electron chi connectivity index (χ2n) is 5.68. The van der Waals surface area contributed by atoms with Gasteiger partial charge in [0, 0.05) is 12.6 Å². The van der Waals surface area contributed by atoms with E-state index >= 15 is 0 Å². The summed E-state index contributed by atoms with van der Waals surface area (Å²) in [5, 5.41) is 0. The average molecular weight is 246 g/mol. The Bertz CT molecular complexity index is 350. The molecule has 1 unspecified atom stereocenters. The summed E-state index contributed by atoms with van der Waals surface area (Å²) in [6.45, 7) is 7.95. The third-order valence-electron chi connectivity index (χ3n) is 4.15. The van der Waals surface area contributed by atoms with Crippen LogP contribution in [0.3, 0.4) is 0 Å². The Morgan fingerprint density at radius 2 is 1.83 bits per heavy atom. The van der Waals surface area contributed by atoms with Gasteiger partial charge >= 0.3 is 0 Å². The Labute approximate surface area is 111 Å². The van der Waals surface area contributed by atoms with Crippen molar-refractivity contribution in [1.29, 1.82) is 0 Å². The lowest BCUT2D eigenvalue weighted by molar-refractivity contribution is 0.183. The summed E-state index contributed by atoms with van der Waals surface area (Å²) >= 11 is 0. The van der Waals surface area contributed by atoms with Crippen molar-refractivity contribution >= 4 is 0 Å². The topological polar surface area (TPSA) is 29.3 Å². The van der Waals surface area contributed by atoms with Gasteiger partial charge in [0.1, 0.15) is 0 Å². The molecule has 18 heavy (non-hydrogen) atoms. The van der Waals surface area contributed by atoms with E-state index < -0.39 is 0 Å². The predicted octanol–water partition coefficient (Wildman–Crippen LogP) is 2.98. The molecule has 1 saturated heterocycles. The first-order valence-corrected chi connectivity index (χ1v) is 7.25. The number of piperidine rings is 1. The molecule has 0 bridgehead atoms. The molecule has 2 heteroatoms. The molecule has 1 aliphatic rings. The molecule has 100 valence electrons. The van der Waals surface area contributed by atoms with Crippen LogP contribution in [-0.2, 0) is 6.42 Å². The van der Waals surface area contributed by atoms with Gasteiger partial charge < -0.3 is 10.6 Å². The monoisotopic (exact) mass is 246 g/mol. The number of hydrogen-bond acceptors (Lipinski definition) is 2. The van der Waals surface area contributed by atoms with Crippen molar-refractivity contribution in [2.24, 2.45) is 11.7 Å². The lowest BCUT2D eigenvalue weighted by Gasteiger charge is -2.32. The molecule has 1 atom stereocenters. The van der Waals surface area contributed by atoms with Gasteiger partial charge in [-0.2, -0.15) is 0 Å². The number of nitrogens with zero attached hydrogens (tertiary/aromatic N) is 1. The van der Waals surface area contributed by atoms with Crippen molar-refractivity contribution in [2.75, 3.05) is 19.6 Å². The first kappa shape index (κ1) is 13.6. The Hall–Kier alpha value is -0.860. The van der Waals surface area contributed by atoms with Gasteiger partial charge in [-0.15, -0.1) is 0 Å². The fourth-order valence-electron chi connectivity index (χ4n) is 2.63. The molecule has 0 radical (unpaired) electrons. The zero-order valence-corrected chi connectivity index (χ0v) is 11.7. The fraction of sp³-hybridized carbons (Fsp3) is 0.625. The van der Waals surface area contributed by atoms with Crippen LogP contribution in [0.1, 0.15) is 43.9 Å². The highest BCUT2D eigenvalue weighted by Gasteiger charge is 2.18. The van der Waals surface area contributed by atoms with E-state index in [-0.39, 0.29) is 6.04 Å². The van der Waals surface area contributed by atoms with Gasteiger partial charge in [0.15, 0.2) is 0 Å².